The Labute approximate surface area is 95.5 Å². The average Bonchev–Trinajstić information content (AvgIpc) is 2.92. The molecule has 92 valence electrons. The molecular formula is C10H17NO4S. The second kappa shape index (κ2) is 4.00. The quantitative estimate of drug-likeness (QED) is 0.700. The Morgan fingerprint density at radius 3 is 2.62 bits per heavy atom. The van der Waals surface area contributed by atoms with Crippen LogP contribution in [0.3, 0.4) is 0 Å². The highest BCUT2D eigenvalue weighted by Gasteiger charge is 2.51. The van der Waals surface area contributed by atoms with Gasteiger partial charge in [0.25, 0.3) is 0 Å². The summed E-state index contributed by atoms with van der Waals surface area (Å²) in [7, 11) is -3.10. The molecule has 1 atom stereocenters. The molecule has 0 bridgehead atoms. The van der Waals surface area contributed by atoms with Crippen LogP contribution in [-0.2, 0) is 19.4 Å². The standard InChI is InChI=1S/C10H17NO4S/c1-2-15-9(12)10(11-8-3-4-8)5-6-16(13,14)7-10/h8,11H,2-7H2,1H3. The van der Waals surface area contributed by atoms with E-state index in [9.17, 15) is 13.2 Å². The van der Waals surface area contributed by atoms with Crippen molar-refractivity contribution >= 4 is 15.8 Å². The van der Waals surface area contributed by atoms with Gasteiger partial charge in [0.2, 0.25) is 0 Å². The van der Waals surface area contributed by atoms with E-state index in [2.05, 4.69) is 5.32 Å². The van der Waals surface area contributed by atoms with Crippen LogP contribution in [0.1, 0.15) is 26.2 Å². The highest BCUT2D eigenvalue weighted by Crippen LogP contribution is 2.30. The zero-order valence-corrected chi connectivity index (χ0v) is 10.2. The minimum Gasteiger partial charge on any atom is -0.465 e. The van der Waals surface area contributed by atoms with E-state index in [4.69, 9.17) is 4.74 Å². The van der Waals surface area contributed by atoms with Gasteiger partial charge < -0.3 is 4.74 Å². The molecule has 0 amide bonds. The van der Waals surface area contributed by atoms with Crippen LogP contribution in [-0.4, -0.2) is 44.1 Å². The number of hydrogen-bond acceptors (Lipinski definition) is 5. The lowest BCUT2D eigenvalue weighted by atomic mass is 9.99. The second-order valence-corrected chi connectivity index (χ2v) is 6.75. The second-order valence-electron chi connectivity index (χ2n) is 4.56. The molecule has 1 heterocycles. The Balaban J connectivity index is 2.15. The number of carbonyl (C=O) groups is 1. The Morgan fingerprint density at radius 2 is 2.19 bits per heavy atom. The molecule has 1 unspecified atom stereocenters. The SMILES string of the molecule is CCOC(=O)C1(NC2CC2)CCS(=O)(=O)C1. The van der Waals surface area contributed by atoms with Gasteiger partial charge in [0.15, 0.2) is 9.84 Å². The summed E-state index contributed by atoms with van der Waals surface area (Å²) in [6, 6.07) is 0.290. The molecule has 0 aromatic heterocycles. The number of hydrogen-bond donors (Lipinski definition) is 1. The summed E-state index contributed by atoms with van der Waals surface area (Å²) in [4.78, 5) is 11.9. The normalized spacial score (nSPS) is 32.6. The first-order valence-corrected chi connectivity index (χ1v) is 7.45. The van der Waals surface area contributed by atoms with Crippen molar-refractivity contribution in [2.45, 2.75) is 37.8 Å². The van der Waals surface area contributed by atoms with Crippen molar-refractivity contribution in [3.05, 3.63) is 0 Å². The predicted molar refractivity (Wildman–Crippen MR) is 58.8 cm³/mol. The fraction of sp³-hybridized carbons (Fsp3) is 0.900. The van der Waals surface area contributed by atoms with E-state index in [0.29, 0.717) is 6.42 Å². The number of ether oxygens (including phenoxy) is 1. The monoisotopic (exact) mass is 247 g/mol. The topological polar surface area (TPSA) is 72.5 Å². The molecule has 1 saturated heterocycles. The number of carbonyl (C=O) groups excluding carboxylic acids is 1. The highest BCUT2D eigenvalue weighted by molar-refractivity contribution is 7.91. The first-order valence-electron chi connectivity index (χ1n) is 5.63. The van der Waals surface area contributed by atoms with Crippen molar-refractivity contribution < 1.29 is 17.9 Å². The van der Waals surface area contributed by atoms with Crippen molar-refractivity contribution in [1.82, 2.24) is 5.32 Å². The van der Waals surface area contributed by atoms with E-state index in [0.717, 1.165) is 12.8 Å². The van der Waals surface area contributed by atoms with E-state index in [1.54, 1.807) is 6.92 Å². The summed E-state index contributed by atoms with van der Waals surface area (Å²) >= 11 is 0. The van der Waals surface area contributed by atoms with E-state index >= 15 is 0 Å². The smallest absolute Gasteiger partial charge is 0.327 e. The summed E-state index contributed by atoms with van der Waals surface area (Å²) in [5, 5.41) is 3.15. The number of nitrogens with one attached hydrogen (secondary N) is 1. The zero-order chi connectivity index (χ0) is 11.8. The van der Waals surface area contributed by atoms with Gasteiger partial charge in [-0.1, -0.05) is 0 Å². The van der Waals surface area contributed by atoms with Crippen molar-refractivity contribution in [1.29, 1.82) is 0 Å². The van der Waals surface area contributed by atoms with Crippen molar-refractivity contribution in [2.75, 3.05) is 18.1 Å². The molecule has 0 radical (unpaired) electrons. The highest BCUT2D eigenvalue weighted by atomic mass is 32.2. The van der Waals surface area contributed by atoms with Crippen LogP contribution in [0, 0.1) is 0 Å². The predicted octanol–water partition coefficient (Wildman–Crippen LogP) is -0.141. The number of esters is 1. The summed E-state index contributed by atoms with van der Waals surface area (Å²) in [5.74, 6) is -0.455. The van der Waals surface area contributed by atoms with E-state index < -0.39 is 21.3 Å². The maximum atomic E-state index is 11.9. The van der Waals surface area contributed by atoms with Crippen LogP contribution in [0.15, 0.2) is 0 Å². The Hall–Kier alpha value is -0.620. The molecule has 0 spiro atoms. The minimum atomic E-state index is -3.10. The van der Waals surface area contributed by atoms with Crippen LogP contribution in [0.2, 0.25) is 0 Å². The molecule has 2 fully saturated rings. The molecule has 16 heavy (non-hydrogen) atoms. The molecular weight excluding hydrogens is 230 g/mol. The van der Waals surface area contributed by atoms with Crippen LogP contribution in [0.25, 0.3) is 0 Å². The maximum Gasteiger partial charge on any atom is 0.327 e. The first kappa shape index (κ1) is 11.9. The molecule has 0 aromatic rings. The van der Waals surface area contributed by atoms with E-state index in [-0.39, 0.29) is 24.2 Å². The van der Waals surface area contributed by atoms with Crippen molar-refractivity contribution in [3.8, 4) is 0 Å². The van der Waals surface area contributed by atoms with Crippen LogP contribution >= 0.6 is 0 Å². The van der Waals surface area contributed by atoms with Gasteiger partial charge in [-0.25, -0.2) is 8.42 Å². The maximum absolute atomic E-state index is 11.9. The summed E-state index contributed by atoms with van der Waals surface area (Å²) < 4.78 is 28.0. The number of sulfone groups is 1. The Morgan fingerprint density at radius 1 is 1.50 bits per heavy atom. The van der Waals surface area contributed by atoms with Gasteiger partial charge in [-0.15, -0.1) is 0 Å². The van der Waals surface area contributed by atoms with Gasteiger partial charge >= 0.3 is 5.97 Å². The molecule has 1 aliphatic heterocycles. The third-order valence-electron chi connectivity index (χ3n) is 3.03. The Bertz CT molecular complexity index is 388. The summed E-state index contributed by atoms with van der Waals surface area (Å²) in [6.45, 7) is 2.01. The molecule has 1 N–H and O–H groups in total. The first-order chi connectivity index (χ1) is 7.47. The summed E-state index contributed by atoms with van der Waals surface area (Å²) in [5.41, 5.74) is -0.976. The molecule has 2 rings (SSSR count). The molecule has 0 aromatic carbocycles. The molecule has 1 aliphatic carbocycles. The lowest BCUT2D eigenvalue weighted by Crippen LogP contribution is -2.55. The molecule has 6 heteroatoms. The van der Waals surface area contributed by atoms with Gasteiger partial charge in [-0.2, -0.15) is 0 Å². The summed E-state index contributed by atoms with van der Waals surface area (Å²) in [6.07, 6.45) is 2.37. The fourth-order valence-electron chi connectivity index (χ4n) is 2.07. The van der Waals surface area contributed by atoms with E-state index in [1.807, 2.05) is 0 Å². The lowest BCUT2D eigenvalue weighted by Gasteiger charge is -2.26. The molecule has 2 aliphatic rings. The average molecular weight is 247 g/mol. The van der Waals surface area contributed by atoms with Crippen molar-refractivity contribution in [2.24, 2.45) is 0 Å². The fourth-order valence-corrected chi connectivity index (χ4v) is 3.97. The third kappa shape index (κ3) is 2.38. The van der Waals surface area contributed by atoms with Crippen LogP contribution in [0.5, 0.6) is 0 Å². The third-order valence-corrected chi connectivity index (χ3v) is 4.79. The molecule has 1 saturated carbocycles. The van der Waals surface area contributed by atoms with Crippen LogP contribution in [0.4, 0.5) is 0 Å². The largest absolute Gasteiger partial charge is 0.465 e. The number of rotatable bonds is 4. The molecule has 5 nitrogen and oxygen atoms in total. The van der Waals surface area contributed by atoms with Gasteiger partial charge in [-0.05, 0) is 26.2 Å². The van der Waals surface area contributed by atoms with Gasteiger partial charge in [0.05, 0.1) is 18.1 Å². The van der Waals surface area contributed by atoms with Gasteiger partial charge in [-0.3, -0.25) is 10.1 Å². The van der Waals surface area contributed by atoms with Crippen LogP contribution < -0.4 is 5.32 Å². The van der Waals surface area contributed by atoms with Crippen molar-refractivity contribution in [3.63, 3.8) is 0 Å². The minimum absolute atomic E-state index is 0.0749. The zero-order valence-electron chi connectivity index (χ0n) is 9.36. The van der Waals surface area contributed by atoms with E-state index in [1.165, 1.54) is 0 Å². The lowest BCUT2D eigenvalue weighted by molar-refractivity contribution is -0.150. The van der Waals surface area contributed by atoms with Gasteiger partial charge in [0, 0.05) is 6.04 Å². The Kier molecular flexibility index (Phi) is 2.96. The van der Waals surface area contributed by atoms with Gasteiger partial charge in [0.1, 0.15) is 5.54 Å².